The van der Waals surface area contributed by atoms with Crippen LogP contribution in [0.2, 0.25) is 0 Å². The fourth-order valence-corrected chi connectivity index (χ4v) is 1.66. The number of nitrogens with two attached hydrogens (primary N) is 1. The number of hydrogen-bond acceptors (Lipinski definition) is 3. The van der Waals surface area contributed by atoms with Gasteiger partial charge in [-0.15, -0.1) is 0 Å². The molecule has 0 saturated heterocycles. The first-order valence-corrected chi connectivity index (χ1v) is 5.95. The molecule has 2 atom stereocenters. The van der Waals surface area contributed by atoms with E-state index in [1.165, 1.54) is 0 Å². The Balaban J connectivity index is 2.22. The minimum atomic E-state index is -0.0440. The van der Waals surface area contributed by atoms with Crippen LogP contribution in [0.3, 0.4) is 0 Å². The number of nitrogens with zero attached hydrogens (tertiary/aromatic N) is 3. The van der Waals surface area contributed by atoms with Crippen molar-refractivity contribution in [1.82, 2.24) is 15.0 Å². The summed E-state index contributed by atoms with van der Waals surface area (Å²) in [4.78, 5) is 1.62. The summed E-state index contributed by atoms with van der Waals surface area (Å²) in [6.07, 6.45) is 2.79. The maximum Gasteiger partial charge on any atom is 0.100 e. The zero-order valence-corrected chi connectivity index (χ0v) is 10.2. The molecular weight excluding hydrogens is 212 g/mol. The van der Waals surface area contributed by atoms with Gasteiger partial charge in [0, 0.05) is 0 Å². The summed E-state index contributed by atoms with van der Waals surface area (Å²) < 4.78 is 0. The van der Waals surface area contributed by atoms with Crippen LogP contribution in [0.1, 0.15) is 32.0 Å². The van der Waals surface area contributed by atoms with Gasteiger partial charge in [-0.1, -0.05) is 38.5 Å². The lowest BCUT2D eigenvalue weighted by Gasteiger charge is -2.14. The van der Waals surface area contributed by atoms with Gasteiger partial charge in [0.15, 0.2) is 0 Å². The average Bonchev–Trinajstić information content (AvgIpc) is 2.87. The van der Waals surface area contributed by atoms with E-state index in [1.54, 1.807) is 11.0 Å². The second kappa shape index (κ2) is 5.10. The van der Waals surface area contributed by atoms with Crippen LogP contribution in [-0.2, 0) is 0 Å². The van der Waals surface area contributed by atoms with Crippen LogP contribution in [0.25, 0.3) is 5.69 Å². The van der Waals surface area contributed by atoms with E-state index in [0.29, 0.717) is 5.92 Å². The van der Waals surface area contributed by atoms with Gasteiger partial charge in [0.25, 0.3) is 0 Å². The highest BCUT2D eigenvalue weighted by molar-refractivity contribution is 5.28. The summed E-state index contributed by atoms with van der Waals surface area (Å²) in [5.74, 6) is 0.413. The Morgan fingerprint density at radius 1 is 1.29 bits per heavy atom. The zero-order chi connectivity index (χ0) is 12.3. The molecule has 0 bridgehead atoms. The van der Waals surface area contributed by atoms with Crippen molar-refractivity contribution in [2.24, 2.45) is 11.7 Å². The molecule has 0 aliphatic carbocycles. The Morgan fingerprint density at radius 2 is 2.00 bits per heavy atom. The molecule has 0 aliphatic heterocycles. The maximum absolute atomic E-state index is 6.12. The second-order valence-electron chi connectivity index (χ2n) is 4.31. The van der Waals surface area contributed by atoms with Crippen molar-refractivity contribution in [2.45, 2.75) is 26.3 Å². The predicted molar refractivity (Wildman–Crippen MR) is 67.7 cm³/mol. The molecule has 2 aromatic rings. The number of aromatic nitrogens is 3. The molecule has 1 heterocycles. The van der Waals surface area contributed by atoms with Gasteiger partial charge in [-0.25, -0.2) is 0 Å². The van der Waals surface area contributed by atoms with Gasteiger partial charge in [0.05, 0.1) is 17.9 Å². The first-order valence-electron chi connectivity index (χ1n) is 5.95. The molecule has 1 aromatic heterocycles. The fourth-order valence-electron chi connectivity index (χ4n) is 1.66. The Morgan fingerprint density at radius 3 is 2.65 bits per heavy atom. The molecule has 90 valence electrons. The Kier molecular flexibility index (Phi) is 3.54. The molecular formula is C13H18N4. The van der Waals surface area contributed by atoms with Crippen molar-refractivity contribution in [1.29, 1.82) is 0 Å². The molecule has 0 amide bonds. The van der Waals surface area contributed by atoms with Gasteiger partial charge < -0.3 is 5.73 Å². The molecule has 0 radical (unpaired) electrons. The van der Waals surface area contributed by atoms with Crippen molar-refractivity contribution in [3.05, 3.63) is 42.2 Å². The third-order valence-electron chi connectivity index (χ3n) is 3.10. The molecule has 0 spiro atoms. The van der Waals surface area contributed by atoms with Crippen LogP contribution < -0.4 is 5.73 Å². The third kappa shape index (κ3) is 2.53. The van der Waals surface area contributed by atoms with E-state index in [9.17, 15) is 0 Å². The number of benzene rings is 1. The minimum absolute atomic E-state index is 0.0440. The van der Waals surface area contributed by atoms with Crippen LogP contribution >= 0.6 is 0 Å². The summed E-state index contributed by atoms with van der Waals surface area (Å²) in [6.45, 7) is 4.26. The fraction of sp³-hybridized carbons (Fsp3) is 0.385. The van der Waals surface area contributed by atoms with Crippen LogP contribution in [0, 0.1) is 5.92 Å². The molecule has 1 aromatic carbocycles. The smallest absolute Gasteiger partial charge is 0.100 e. The SMILES string of the molecule is CCC(C)C(N)c1cnn(-c2ccccc2)n1. The second-order valence-corrected chi connectivity index (χ2v) is 4.31. The molecule has 2 rings (SSSR count). The van der Waals surface area contributed by atoms with Crippen molar-refractivity contribution in [2.75, 3.05) is 0 Å². The van der Waals surface area contributed by atoms with Gasteiger partial charge in [-0.05, 0) is 18.1 Å². The lowest BCUT2D eigenvalue weighted by Crippen LogP contribution is -2.19. The molecule has 4 heteroatoms. The average molecular weight is 230 g/mol. The third-order valence-corrected chi connectivity index (χ3v) is 3.10. The summed E-state index contributed by atoms with van der Waals surface area (Å²) >= 11 is 0. The summed E-state index contributed by atoms with van der Waals surface area (Å²) in [6, 6.07) is 9.80. The molecule has 0 fully saturated rings. The molecule has 2 N–H and O–H groups in total. The summed E-state index contributed by atoms with van der Waals surface area (Å²) in [5.41, 5.74) is 7.93. The summed E-state index contributed by atoms with van der Waals surface area (Å²) in [7, 11) is 0. The monoisotopic (exact) mass is 230 g/mol. The Hall–Kier alpha value is -1.68. The molecule has 2 unspecified atom stereocenters. The lowest BCUT2D eigenvalue weighted by molar-refractivity contribution is 0.446. The molecule has 4 nitrogen and oxygen atoms in total. The van der Waals surface area contributed by atoms with E-state index in [0.717, 1.165) is 17.8 Å². The van der Waals surface area contributed by atoms with Gasteiger partial charge in [-0.3, -0.25) is 0 Å². The zero-order valence-electron chi connectivity index (χ0n) is 10.2. The van der Waals surface area contributed by atoms with E-state index in [1.807, 2.05) is 30.3 Å². The normalized spacial score (nSPS) is 14.5. The largest absolute Gasteiger partial charge is 0.322 e. The lowest BCUT2D eigenvalue weighted by atomic mass is 9.98. The van der Waals surface area contributed by atoms with E-state index in [-0.39, 0.29) is 6.04 Å². The topological polar surface area (TPSA) is 56.7 Å². The van der Waals surface area contributed by atoms with Crippen molar-refractivity contribution in [3.63, 3.8) is 0 Å². The maximum atomic E-state index is 6.12. The number of para-hydroxylation sites is 1. The highest BCUT2D eigenvalue weighted by Gasteiger charge is 2.16. The van der Waals surface area contributed by atoms with Gasteiger partial charge in [0.1, 0.15) is 5.69 Å². The van der Waals surface area contributed by atoms with Crippen LogP contribution in [-0.4, -0.2) is 15.0 Å². The van der Waals surface area contributed by atoms with Crippen LogP contribution in [0.4, 0.5) is 0 Å². The van der Waals surface area contributed by atoms with E-state index < -0.39 is 0 Å². The van der Waals surface area contributed by atoms with Gasteiger partial charge >= 0.3 is 0 Å². The number of rotatable bonds is 4. The molecule has 17 heavy (non-hydrogen) atoms. The van der Waals surface area contributed by atoms with Crippen molar-refractivity contribution < 1.29 is 0 Å². The van der Waals surface area contributed by atoms with E-state index in [4.69, 9.17) is 5.73 Å². The predicted octanol–water partition coefficient (Wildman–Crippen LogP) is 2.31. The standard InChI is InChI=1S/C13H18N4/c1-3-10(2)13(14)12-9-15-17(16-12)11-7-5-4-6-8-11/h4-10,13H,3,14H2,1-2H3. The highest BCUT2D eigenvalue weighted by atomic mass is 15.5. The molecule has 0 saturated carbocycles. The van der Waals surface area contributed by atoms with Crippen LogP contribution in [0.15, 0.2) is 36.5 Å². The van der Waals surface area contributed by atoms with Crippen molar-refractivity contribution in [3.8, 4) is 5.69 Å². The Labute approximate surface area is 101 Å². The summed E-state index contributed by atoms with van der Waals surface area (Å²) in [5, 5.41) is 8.68. The van der Waals surface area contributed by atoms with Crippen molar-refractivity contribution >= 4 is 0 Å². The quantitative estimate of drug-likeness (QED) is 0.876. The number of hydrogen-bond donors (Lipinski definition) is 1. The first-order chi connectivity index (χ1) is 8.22. The van der Waals surface area contributed by atoms with Gasteiger partial charge in [-0.2, -0.15) is 15.0 Å². The highest BCUT2D eigenvalue weighted by Crippen LogP contribution is 2.19. The Bertz CT molecular complexity index is 463. The first kappa shape index (κ1) is 11.8. The van der Waals surface area contributed by atoms with Crippen LogP contribution in [0.5, 0.6) is 0 Å². The van der Waals surface area contributed by atoms with E-state index in [2.05, 4.69) is 24.0 Å². The molecule has 0 aliphatic rings. The van der Waals surface area contributed by atoms with E-state index >= 15 is 0 Å². The minimum Gasteiger partial charge on any atom is -0.322 e. The van der Waals surface area contributed by atoms with Gasteiger partial charge in [0.2, 0.25) is 0 Å².